The van der Waals surface area contributed by atoms with Gasteiger partial charge in [-0.2, -0.15) is 0 Å². The van der Waals surface area contributed by atoms with Gasteiger partial charge in [0.05, 0.1) is 10.6 Å². The van der Waals surface area contributed by atoms with E-state index in [4.69, 9.17) is 4.74 Å². The molecule has 0 saturated carbocycles. The van der Waals surface area contributed by atoms with Gasteiger partial charge in [0.25, 0.3) is 15.9 Å². The van der Waals surface area contributed by atoms with Crippen LogP contribution in [0.2, 0.25) is 0 Å². The number of hydrogen-bond acceptors (Lipinski definition) is 4. The molecule has 174 valence electrons. The number of nitrogens with one attached hydrogen (secondary N) is 2. The first-order valence-corrected chi connectivity index (χ1v) is 12.3. The molecule has 3 aromatic carbocycles. The highest BCUT2D eigenvalue weighted by atomic mass is 32.2. The number of rotatable bonds is 8. The molecule has 2 N–H and O–H groups in total. The van der Waals surface area contributed by atoms with Gasteiger partial charge < -0.3 is 10.1 Å². The SMILES string of the molecule is Cc1ccc(C(C)C)c(OCC(=O)Nc2ccc(S(=O)(=O)Nc3c(C)cccc3C)cc2)c1. The molecular formula is C26H30N2O4S. The predicted molar refractivity (Wildman–Crippen MR) is 133 cm³/mol. The van der Waals surface area contributed by atoms with Gasteiger partial charge in [0.2, 0.25) is 0 Å². The van der Waals surface area contributed by atoms with Crippen LogP contribution >= 0.6 is 0 Å². The first-order chi connectivity index (χ1) is 15.6. The molecule has 0 bridgehead atoms. The molecule has 0 radical (unpaired) electrons. The van der Waals surface area contributed by atoms with Crippen LogP contribution < -0.4 is 14.8 Å². The Morgan fingerprint density at radius 3 is 2.18 bits per heavy atom. The second-order valence-electron chi connectivity index (χ2n) is 8.43. The number of hydrogen-bond donors (Lipinski definition) is 2. The molecule has 0 heterocycles. The van der Waals surface area contributed by atoms with Crippen LogP contribution in [0, 0.1) is 20.8 Å². The summed E-state index contributed by atoms with van der Waals surface area (Å²) in [4.78, 5) is 12.5. The fraction of sp³-hybridized carbons (Fsp3) is 0.269. The third kappa shape index (κ3) is 6.14. The summed E-state index contributed by atoms with van der Waals surface area (Å²) in [6, 6.07) is 17.6. The summed E-state index contributed by atoms with van der Waals surface area (Å²) >= 11 is 0. The Morgan fingerprint density at radius 1 is 0.939 bits per heavy atom. The summed E-state index contributed by atoms with van der Waals surface area (Å²) in [5.41, 5.74) is 4.85. The third-order valence-electron chi connectivity index (χ3n) is 5.32. The highest BCUT2D eigenvalue weighted by Crippen LogP contribution is 2.28. The molecular weight excluding hydrogens is 436 g/mol. The summed E-state index contributed by atoms with van der Waals surface area (Å²) in [6.07, 6.45) is 0. The minimum Gasteiger partial charge on any atom is -0.483 e. The molecule has 0 atom stereocenters. The molecule has 0 spiro atoms. The van der Waals surface area contributed by atoms with Gasteiger partial charge in [0.1, 0.15) is 5.75 Å². The van der Waals surface area contributed by atoms with Crippen molar-refractivity contribution in [2.45, 2.75) is 45.4 Å². The van der Waals surface area contributed by atoms with Crippen LogP contribution in [0.1, 0.15) is 42.0 Å². The van der Waals surface area contributed by atoms with Gasteiger partial charge in [-0.05, 0) is 79.3 Å². The maximum atomic E-state index is 12.8. The van der Waals surface area contributed by atoms with E-state index in [2.05, 4.69) is 23.9 Å². The Kier molecular flexibility index (Phi) is 7.43. The average Bonchev–Trinajstić information content (AvgIpc) is 2.75. The molecule has 0 aliphatic carbocycles. The normalized spacial score (nSPS) is 11.3. The number of carbonyl (C=O) groups excluding carboxylic acids is 1. The lowest BCUT2D eigenvalue weighted by molar-refractivity contribution is -0.118. The minimum atomic E-state index is -3.75. The molecule has 1 amide bonds. The quantitative estimate of drug-likeness (QED) is 0.456. The lowest BCUT2D eigenvalue weighted by Gasteiger charge is -2.15. The van der Waals surface area contributed by atoms with Gasteiger partial charge in [-0.3, -0.25) is 9.52 Å². The van der Waals surface area contributed by atoms with Crippen LogP contribution in [0.3, 0.4) is 0 Å². The Balaban J connectivity index is 1.65. The molecule has 0 aliphatic heterocycles. The van der Waals surface area contributed by atoms with E-state index in [1.54, 1.807) is 12.1 Å². The summed E-state index contributed by atoms with van der Waals surface area (Å²) in [5.74, 6) is 0.643. The fourth-order valence-electron chi connectivity index (χ4n) is 3.47. The molecule has 33 heavy (non-hydrogen) atoms. The number of anilines is 2. The van der Waals surface area contributed by atoms with E-state index in [9.17, 15) is 13.2 Å². The zero-order valence-electron chi connectivity index (χ0n) is 19.6. The van der Waals surface area contributed by atoms with Crippen LogP contribution in [0.15, 0.2) is 65.6 Å². The van der Waals surface area contributed by atoms with Crippen molar-refractivity contribution in [1.29, 1.82) is 0 Å². The monoisotopic (exact) mass is 466 g/mol. The Bertz CT molecular complexity index is 1230. The molecule has 3 aromatic rings. The number of para-hydroxylation sites is 1. The Hall–Kier alpha value is -3.32. The van der Waals surface area contributed by atoms with Crippen LogP contribution in [-0.4, -0.2) is 20.9 Å². The summed E-state index contributed by atoms with van der Waals surface area (Å²) < 4.78 is 34.0. The number of benzene rings is 3. The highest BCUT2D eigenvalue weighted by Gasteiger charge is 2.17. The maximum absolute atomic E-state index is 12.8. The van der Waals surface area contributed by atoms with E-state index >= 15 is 0 Å². The smallest absolute Gasteiger partial charge is 0.262 e. The van der Waals surface area contributed by atoms with Gasteiger partial charge in [-0.1, -0.05) is 44.2 Å². The lowest BCUT2D eigenvalue weighted by Crippen LogP contribution is -2.21. The minimum absolute atomic E-state index is 0.112. The van der Waals surface area contributed by atoms with Gasteiger partial charge >= 0.3 is 0 Å². The van der Waals surface area contributed by atoms with Crippen molar-refractivity contribution < 1.29 is 17.9 Å². The Morgan fingerprint density at radius 2 is 1.58 bits per heavy atom. The summed E-state index contributed by atoms with van der Waals surface area (Å²) in [5, 5.41) is 2.74. The topological polar surface area (TPSA) is 84.5 Å². The number of amides is 1. The van der Waals surface area contributed by atoms with Crippen molar-refractivity contribution >= 4 is 27.3 Å². The molecule has 7 heteroatoms. The first kappa shape index (κ1) is 24.3. The molecule has 0 fully saturated rings. The van der Waals surface area contributed by atoms with Crippen molar-refractivity contribution in [3.63, 3.8) is 0 Å². The van der Waals surface area contributed by atoms with Crippen molar-refractivity contribution in [2.75, 3.05) is 16.6 Å². The first-order valence-electron chi connectivity index (χ1n) is 10.8. The van der Waals surface area contributed by atoms with Crippen LogP contribution in [0.25, 0.3) is 0 Å². The molecule has 0 unspecified atom stereocenters. The van der Waals surface area contributed by atoms with Gasteiger partial charge in [0.15, 0.2) is 6.61 Å². The Labute approximate surface area is 196 Å². The predicted octanol–water partition coefficient (Wildman–Crippen LogP) is 5.55. The summed E-state index contributed by atoms with van der Waals surface area (Å²) in [6.45, 7) is 9.68. The molecule has 3 rings (SSSR count). The van der Waals surface area contributed by atoms with Crippen molar-refractivity contribution in [2.24, 2.45) is 0 Å². The number of carbonyl (C=O) groups is 1. The standard InChI is InChI=1S/C26H30N2O4S/c1-17(2)23-14-9-18(3)15-24(23)32-16-25(29)27-21-10-12-22(13-11-21)33(30,31)28-26-19(4)7-6-8-20(26)5/h6-15,17,28H,16H2,1-5H3,(H,27,29). The molecule has 0 aromatic heterocycles. The van der Waals surface area contributed by atoms with Crippen LogP contribution in [0.4, 0.5) is 11.4 Å². The largest absolute Gasteiger partial charge is 0.483 e. The van der Waals surface area contributed by atoms with Crippen LogP contribution in [0.5, 0.6) is 5.75 Å². The average molecular weight is 467 g/mol. The third-order valence-corrected chi connectivity index (χ3v) is 6.68. The van der Waals surface area contributed by atoms with Gasteiger partial charge in [-0.15, -0.1) is 0 Å². The van der Waals surface area contributed by atoms with E-state index in [0.29, 0.717) is 17.1 Å². The van der Waals surface area contributed by atoms with Crippen molar-refractivity contribution in [1.82, 2.24) is 0 Å². The number of sulfonamides is 1. The molecule has 6 nitrogen and oxygen atoms in total. The second-order valence-corrected chi connectivity index (χ2v) is 10.1. The fourth-order valence-corrected chi connectivity index (χ4v) is 4.67. The van der Waals surface area contributed by atoms with Crippen molar-refractivity contribution in [3.8, 4) is 5.75 Å². The number of ether oxygens (including phenoxy) is 1. The maximum Gasteiger partial charge on any atom is 0.262 e. The van der Waals surface area contributed by atoms with E-state index in [0.717, 1.165) is 22.3 Å². The van der Waals surface area contributed by atoms with E-state index in [1.165, 1.54) is 12.1 Å². The molecule has 0 aliphatic rings. The number of aryl methyl sites for hydroxylation is 3. The highest BCUT2D eigenvalue weighted by molar-refractivity contribution is 7.92. The zero-order chi connectivity index (χ0) is 24.2. The van der Waals surface area contributed by atoms with E-state index in [-0.39, 0.29) is 23.3 Å². The lowest BCUT2D eigenvalue weighted by atomic mass is 10.0. The molecule has 0 saturated heterocycles. The van der Waals surface area contributed by atoms with Gasteiger partial charge in [0, 0.05) is 5.69 Å². The van der Waals surface area contributed by atoms with Gasteiger partial charge in [-0.25, -0.2) is 8.42 Å². The van der Waals surface area contributed by atoms with E-state index in [1.807, 2.05) is 57.2 Å². The van der Waals surface area contributed by atoms with E-state index < -0.39 is 10.0 Å². The second kappa shape index (κ2) is 10.1. The van der Waals surface area contributed by atoms with Crippen LogP contribution in [-0.2, 0) is 14.8 Å². The summed E-state index contributed by atoms with van der Waals surface area (Å²) in [7, 11) is -3.75. The zero-order valence-corrected chi connectivity index (χ0v) is 20.4. The van der Waals surface area contributed by atoms with Crippen molar-refractivity contribution in [3.05, 3.63) is 82.9 Å².